The van der Waals surface area contributed by atoms with Gasteiger partial charge in [-0.1, -0.05) is 44.2 Å². The minimum Gasteiger partial charge on any atom is -0.464 e. The van der Waals surface area contributed by atoms with E-state index in [4.69, 9.17) is 4.74 Å². The zero-order valence-corrected chi connectivity index (χ0v) is 13.8. The predicted octanol–water partition coefficient (Wildman–Crippen LogP) is 3.10. The highest BCUT2D eigenvalue weighted by atomic mass is 16.5. The SMILES string of the molecule is CC(C)COC(=O)[C@H](C)NC(=O)CCCCc1ccccc1. The zero-order valence-electron chi connectivity index (χ0n) is 13.8. The molecule has 0 aliphatic carbocycles. The summed E-state index contributed by atoms with van der Waals surface area (Å²) in [7, 11) is 0. The number of aryl methyl sites for hydroxylation is 1. The van der Waals surface area contributed by atoms with Crippen molar-refractivity contribution >= 4 is 11.9 Å². The molecule has 0 bridgehead atoms. The highest BCUT2D eigenvalue weighted by molar-refractivity contribution is 5.84. The molecule has 0 saturated carbocycles. The smallest absolute Gasteiger partial charge is 0.328 e. The van der Waals surface area contributed by atoms with Crippen molar-refractivity contribution in [2.75, 3.05) is 6.61 Å². The molecule has 0 unspecified atom stereocenters. The number of carbonyl (C=O) groups is 2. The highest BCUT2D eigenvalue weighted by Crippen LogP contribution is 2.06. The molecule has 0 aliphatic heterocycles. The van der Waals surface area contributed by atoms with Crippen LogP contribution in [0.1, 0.15) is 45.6 Å². The van der Waals surface area contributed by atoms with Crippen LogP contribution >= 0.6 is 0 Å². The quantitative estimate of drug-likeness (QED) is 0.563. The Labute approximate surface area is 133 Å². The van der Waals surface area contributed by atoms with Crippen LogP contribution in [-0.4, -0.2) is 24.5 Å². The fourth-order valence-electron chi connectivity index (χ4n) is 2.01. The molecule has 0 fully saturated rings. The van der Waals surface area contributed by atoms with Gasteiger partial charge in [0, 0.05) is 6.42 Å². The third-order valence-corrected chi connectivity index (χ3v) is 3.25. The standard InChI is InChI=1S/C18H27NO3/c1-14(2)13-22-18(21)15(3)19-17(20)12-8-7-11-16-9-5-4-6-10-16/h4-6,9-10,14-15H,7-8,11-13H2,1-3H3,(H,19,20)/t15-/m0/s1. The van der Waals surface area contributed by atoms with Crippen LogP contribution in [0.25, 0.3) is 0 Å². The molecule has 122 valence electrons. The molecule has 22 heavy (non-hydrogen) atoms. The predicted molar refractivity (Wildman–Crippen MR) is 87.4 cm³/mol. The zero-order chi connectivity index (χ0) is 16.4. The molecule has 1 aromatic carbocycles. The Morgan fingerprint density at radius 1 is 1.09 bits per heavy atom. The van der Waals surface area contributed by atoms with Crippen molar-refractivity contribution in [3.63, 3.8) is 0 Å². The van der Waals surface area contributed by atoms with Gasteiger partial charge in [0.25, 0.3) is 0 Å². The Morgan fingerprint density at radius 2 is 1.77 bits per heavy atom. The minimum absolute atomic E-state index is 0.0953. The van der Waals surface area contributed by atoms with E-state index in [1.54, 1.807) is 6.92 Å². The molecule has 0 radical (unpaired) electrons. The van der Waals surface area contributed by atoms with Gasteiger partial charge in [-0.2, -0.15) is 0 Å². The van der Waals surface area contributed by atoms with Crippen LogP contribution in [0.5, 0.6) is 0 Å². The first-order valence-electron chi connectivity index (χ1n) is 7.99. The van der Waals surface area contributed by atoms with Crippen LogP contribution in [0.2, 0.25) is 0 Å². The van der Waals surface area contributed by atoms with Crippen LogP contribution in [0.3, 0.4) is 0 Å². The van der Waals surface area contributed by atoms with E-state index < -0.39 is 6.04 Å². The van der Waals surface area contributed by atoms with Gasteiger partial charge in [-0.25, -0.2) is 4.79 Å². The van der Waals surface area contributed by atoms with Crippen molar-refractivity contribution < 1.29 is 14.3 Å². The number of amides is 1. The van der Waals surface area contributed by atoms with Crippen LogP contribution < -0.4 is 5.32 Å². The molecule has 0 aromatic heterocycles. The molecule has 0 aliphatic rings. The van der Waals surface area contributed by atoms with Crippen LogP contribution in [0, 0.1) is 5.92 Å². The summed E-state index contributed by atoms with van der Waals surface area (Å²) < 4.78 is 5.10. The van der Waals surface area contributed by atoms with Crippen molar-refractivity contribution in [1.29, 1.82) is 0 Å². The van der Waals surface area contributed by atoms with E-state index in [1.807, 2.05) is 32.0 Å². The van der Waals surface area contributed by atoms with E-state index in [1.165, 1.54) is 5.56 Å². The molecule has 0 saturated heterocycles. The second-order valence-corrected chi connectivity index (χ2v) is 6.01. The average Bonchev–Trinajstić information content (AvgIpc) is 2.50. The molecule has 1 amide bonds. The fourth-order valence-corrected chi connectivity index (χ4v) is 2.01. The van der Waals surface area contributed by atoms with E-state index in [2.05, 4.69) is 17.4 Å². The van der Waals surface area contributed by atoms with E-state index in [0.29, 0.717) is 18.9 Å². The average molecular weight is 305 g/mol. The van der Waals surface area contributed by atoms with Crippen LogP contribution in [-0.2, 0) is 20.7 Å². The number of hydrogen-bond acceptors (Lipinski definition) is 3. The Balaban J connectivity index is 2.16. The van der Waals surface area contributed by atoms with Gasteiger partial charge in [0.15, 0.2) is 0 Å². The summed E-state index contributed by atoms with van der Waals surface area (Å²) >= 11 is 0. The van der Waals surface area contributed by atoms with Gasteiger partial charge in [-0.15, -0.1) is 0 Å². The van der Waals surface area contributed by atoms with Gasteiger partial charge in [0.2, 0.25) is 5.91 Å². The summed E-state index contributed by atoms with van der Waals surface area (Å²) in [6.07, 6.45) is 3.19. The molecular formula is C18H27NO3. The summed E-state index contributed by atoms with van der Waals surface area (Å²) in [5, 5.41) is 2.69. The Kier molecular flexibility index (Phi) is 8.26. The Hall–Kier alpha value is -1.84. The monoisotopic (exact) mass is 305 g/mol. The lowest BCUT2D eigenvalue weighted by Gasteiger charge is -2.14. The first-order valence-corrected chi connectivity index (χ1v) is 7.99. The summed E-state index contributed by atoms with van der Waals surface area (Å²) in [5.41, 5.74) is 1.29. The number of esters is 1. The molecule has 1 aromatic rings. The molecule has 4 nitrogen and oxygen atoms in total. The van der Waals surface area contributed by atoms with Gasteiger partial charge in [-0.05, 0) is 37.7 Å². The summed E-state index contributed by atoms with van der Waals surface area (Å²) in [6.45, 7) is 5.99. The van der Waals surface area contributed by atoms with E-state index >= 15 is 0 Å². The molecule has 1 rings (SSSR count). The molecule has 4 heteroatoms. The van der Waals surface area contributed by atoms with Crippen LogP contribution in [0.15, 0.2) is 30.3 Å². The normalized spacial score (nSPS) is 12.0. The lowest BCUT2D eigenvalue weighted by molar-refractivity contribution is -0.148. The van der Waals surface area contributed by atoms with Gasteiger partial charge in [0.1, 0.15) is 6.04 Å². The van der Waals surface area contributed by atoms with Crippen molar-refractivity contribution in [1.82, 2.24) is 5.32 Å². The second kappa shape index (κ2) is 9.98. The van der Waals surface area contributed by atoms with E-state index in [9.17, 15) is 9.59 Å². The van der Waals surface area contributed by atoms with Gasteiger partial charge < -0.3 is 10.1 Å². The van der Waals surface area contributed by atoms with E-state index in [0.717, 1.165) is 19.3 Å². The van der Waals surface area contributed by atoms with Crippen molar-refractivity contribution in [2.45, 2.75) is 52.5 Å². The number of rotatable bonds is 9. The molecule has 1 atom stereocenters. The lowest BCUT2D eigenvalue weighted by Crippen LogP contribution is -2.39. The Bertz CT molecular complexity index is 457. The number of carbonyl (C=O) groups excluding carboxylic acids is 2. The lowest BCUT2D eigenvalue weighted by atomic mass is 10.1. The molecule has 0 spiro atoms. The summed E-state index contributed by atoms with van der Waals surface area (Å²) in [5.74, 6) is -0.168. The van der Waals surface area contributed by atoms with E-state index in [-0.39, 0.29) is 11.9 Å². The maximum atomic E-state index is 11.8. The largest absolute Gasteiger partial charge is 0.464 e. The number of hydrogen-bond donors (Lipinski definition) is 1. The topological polar surface area (TPSA) is 55.4 Å². The van der Waals surface area contributed by atoms with Gasteiger partial charge in [0.05, 0.1) is 6.61 Å². The number of ether oxygens (including phenoxy) is 1. The minimum atomic E-state index is -0.583. The highest BCUT2D eigenvalue weighted by Gasteiger charge is 2.16. The van der Waals surface area contributed by atoms with Crippen molar-refractivity contribution in [2.24, 2.45) is 5.92 Å². The number of nitrogens with one attached hydrogen (secondary N) is 1. The number of unbranched alkanes of at least 4 members (excludes halogenated alkanes) is 1. The molecule has 1 N–H and O–H groups in total. The molecular weight excluding hydrogens is 278 g/mol. The maximum absolute atomic E-state index is 11.8. The third kappa shape index (κ3) is 7.81. The van der Waals surface area contributed by atoms with Crippen LogP contribution in [0.4, 0.5) is 0 Å². The first-order chi connectivity index (χ1) is 10.5. The third-order valence-electron chi connectivity index (χ3n) is 3.25. The maximum Gasteiger partial charge on any atom is 0.328 e. The summed E-state index contributed by atoms with van der Waals surface area (Å²) in [6, 6.07) is 9.63. The van der Waals surface area contributed by atoms with Gasteiger partial charge >= 0.3 is 5.97 Å². The Morgan fingerprint density at radius 3 is 2.41 bits per heavy atom. The molecule has 0 heterocycles. The first kappa shape index (κ1) is 18.2. The number of benzene rings is 1. The second-order valence-electron chi connectivity index (χ2n) is 6.01. The fraction of sp³-hybridized carbons (Fsp3) is 0.556. The van der Waals surface area contributed by atoms with Crippen molar-refractivity contribution in [3.05, 3.63) is 35.9 Å². The van der Waals surface area contributed by atoms with Gasteiger partial charge in [-0.3, -0.25) is 4.79 Å². The van der Waals surface area contributed by atoms with Crippen molar-refractivity contribution in [3.8, 4) is 0 Å². The summed E-state index contributed by atoms with van der Waals surface area (Å²) in [4.78, 5) is 23.4.